The molecule has 1 unspecified atom stereocenters. The lowest BCUT2D eigenvalue weighted by atomic mass is 9.73. The Kier molecular flexibility index (Phi) is 4.67. The van der Waals surface area contributed by atoms with E-state index in [9.17, 15) is 18.0 Å². The maximum absolute atomic E-state index is 13.2. The Morgan fingerprint density at radius 1 is 1.35 bits per heavy atom. The van der Waals surface area contributed by atoms with Crippen molar-refractivity contribution in [2.75, 3.05) is 19.7 Å². The number of piperidine rings is 1. The van der Waals surface area contributed by atoms with Crippen LogP contribution < -0.4 is 4.74 Å². The number of ether oxygens (including phenoxy) is 1. The van der Waals surface area contributed by atoms with Gasteiger partial charge in [0.15, 0.2) is 0 Å². The van der Waals surface area contributed by atoms with Crippen molar-refractivity contribution in [2.24, 2.45) is 11.3 Å². The molecule has 4 nitrogen and oxygen atoms in total. The van der Waals surface area contributed by atoms with Crippen LogP contribution in [-0.2, 0) is 0 Å². The number of hydrogen-bond donors (Lipinski definition) is 1. The van der Waals surface area contributed by atoms with Gasteiger partial charge in [0.05, 0.1) is 12.5 Å². The van der Waals surface area contributed by atoms with E-state index in [2.05, 4.69) is 4.98 Å². The number of likely N-dealkylation sites (tertiary alicyclic amines) is 1. The van der Waals surface area contributed by atoms with Crippen LogP contribution in [0.15, 0.2) is 24.3 Å². The molecule has 2 aromatic rings. The van der Waals surface area contributed by atoms with Crippen LogP contribution in [0.3, 0.4) is 0 Å². The lowest BCUT2D eigenvalue weighted by molar-refractivity contribution is -0.214. The highest BCUT2D eigenvalue weighted by Gasteiger charge is 2.51. The molecule has 1 aromatic carbocycles. The summed E-state index contributed by atoms with van der Waals surface area (Å²) in [5.74, 6) is -0.962. The first-order valence-corrected chi connectivity index (χ1v) is 8.73. The molecule has 0 aliphatic carbocycles. The van der Waals surface area contributed by atoms with Gasteiger partial charge in [-0.05, 0) is 37.0 Å². The van der Waals surface area contributed by atoms with Crippen molar-refractivity contribution in [1.29, 1.82) is 0 Å². The summed E-state index contributed by atoms with van der Waals surface area (Å²) in [5.41, 5.74) is 0.138. The molecule has 142 valence electrons. The van der Waals surface area contributed by atoms with Crippen LogP contribution in [0.25, 0.3) is 10.9 Å². The summed E-state index contributed by atoms with van der Waals surface area (Å²) in [4.78, 5) is 17.4. The minimum absolute atomic E-state index is 0.0725. The first-order valence-electron chi connectivity index (χ1n) is 8.73. The molecule has 0 radical (unpaired) electrons. The minimum Gasteiger partial charge on any atom is -0.494 e. The highest BCUT2D eigenvalue weighted by atomic mass is 19.4. The molecule has 7 heteroatoms. The normalized spacial score (nSPS) is 20.4. The molecular formula is C19H23F3N2O2. The van der Waals surface area contributed by atoms with Crippen molar-refractivity contribution in [2.45, 2.75) is 33.4 Å². The van der Waals surface area contributed by atoms with Crippen molar-refractivity contribution in [3.8, 4) is 5.75 Å². The number of halogens is 3. The van der Waals surface area contributed by atoms with Crippen LogP contribution in [0.5, 0.6) is 5.75 Å². The van der Waals surface area contributed by atoms with Crippen LogP contribution in [0.2, 0.25) is 0 Å². The Hall–Kier alpha value is -2.18. The Morgan fingerprint density at radius 2 is 2.08 bits per heavy atom. The predicted molar refractivity (Wildman–Crippen MR) is 93.3 cm³/mol. The number of fused-ring (bicyclic) bond motifs is 1. The number of rotatable bonds is 3. The lowest BCUT2D eigenvalue weighted by Crippen LogP contribution is -2.52. The molecule has 1 amide bonds. The highest BCUT2D eigenvalue weighted by molar-refractivity contribution is 5.98. The lowest BCUT2D eigenvalue weighted by Gasteiger charge is -2.44. The van der Waals surface area contributed by atoms with Crippen LogP contribution in [0.4, 0.5) is 13.2 Å². The van der Waals surface area contributed by atoms with Gasteiger partial charge in [-0.2, -0.15) is 13.2 Å². The summed E-state index contributed by atoms with van der Waals surface area (Å²) < 4.78 is 45.1. The van der Waals surface area contributed by atoms with Gasteiger partial charge in [0.2, 0.25) is 0 Å². The quantitative estimate of drug-likeness (QED) is 0.859. The van der Waals surface area contributed by atoms with E-state index in [1.165, 1.54) is 4.90 Å². The van der Waals surface area contributed by atoms with Gasteiger partial charge in [-0.3, -0.25) is 4.79 Å². The Labute approximate surface area is 150 Å². The van der Waals surface area contributed by atoms with Gasteiger partial charge >= 0.3 is 6.18 Å². The van der Waals surface area contributed by atoms with Crippen molar-refractivity contribution < 1.29 is 22.7 Å². The van der Waals surface area contributed by atoms with Gasteiger partial charge < -0.3 is 14.6 Å². The van der Waals surface area contributed by atoms with Crippen molar-refractivity contribution >= 4 is 16.8 Å². The summed E-state index contributed by atoms with van der Waals surface area (Å²) in [6.07, 6.45) is -4.31. The highest BCUT2D eigenvalue weighted by Crippen LogP contribution is 2.45. The molecule has 1 fully saturated rings. The summed E-state index contributed by atoms with van der Waals surface area (Å²) in [6, 6.07) is 7.23. The van der Waals surface area contributed by atoms with E-state index in [-0.39, 0.29) is 25.4 Å². The molecule has 1 aliphatic rings. The summed E-state index contributed by atoms with van der Waals surface area (Å²) in [5, 5.41) is 0.862. The number of carbonyl (C=O) groups is 1. The number of aromatic amines is 1. The molecule has 26 heavy (non-hydrogen) atoms. The van der Waals surface area contributed by atoms with E-state index in [4.69, 9.17) is 4.74 Å². The van der Waals surface area contributed by atoms with Gasteiger partial charge in [-0.15, -0.1) is 0 Å². The number of amides is 1. The van der Waals surface area contributed by atoms with E-state index in [0.717, 1.165) is 10.9 Å². The number of hydrogen-bond acceptors (Lipinski definition) is 2. The molecule has 0 bridgehead atoms. The second-order valence-electron chi connectivity index (χ2n) is 7.46. The monoisotopic (exact) mass is 368 g/mol. The smallest absolute Gasteiger partial charge is 0.392 e. The number of alkyl halides is 3. The molecule has 0 saturated carbocycles. The summed E-state index contributed by atoms with van der Waals surface area (Å²) in [6.45, 7) is 5.76. The average Bonchev–Trinajstić information content (AvgIpc) is 2.95. The molecule has 1 aliphatic heterocycles. The van der Waals surface area contributed by atoms with Crippen LogP contribution >= 0.6 is 0 Å². The Morgan fingerprint density at radius 3 is 2.69 bits per heavy atom. The van der Waals surface area contributed by atoms with Gasteiger partial charge in [0.1, 0.15) is 11.4 Å². The third-order valence-corrected chi connectivity index (χ3v) is 5.05. The topological polar surface area (TPSA) is 45.3 Å². The molecule has 0 spiro atoms. The summed E-state index contributed by atoms with van der Waals surface area (Å²) in [7, 11) is 0. The summed E-state index contributed by atoms with van der Waals surface area (Å²) >= 11 is 0. The van der Waals surface area contributed by atoms with Gasteiger partial charge in [0.25, 0.3) is 5.91 Å². The zero-order chi connectivity index (χ0) is 19.1. The number of nitrogens with one attached hydrogen (secondary N) is 1. The van der Waals surface area contributed by atoms with E-state index in [0.29, 0.717) is 18.1 Å². The second kappa shape index (κ2) is 6.52. The molecular weight excluding hydrogens is 345 g/mol. The van der Waals surface area contributed by atoms with E-state index in [1.807, 2.05) is 25.1 Å². The molecule has 2 heterocycles. The van der Waals surface area contributed by atoms with Crippen molar-refractivity contribution in [3.05, 3.63) is 30.0 Å². The number of aromatic nitrogens is 1. The van der Waals surface area contributed by atoms with Crippen molar-refractivity contribution in [1.82, 2.24) is 9.88 Å². The molecule has 1 atom stereocenters. The SMILES string of the molecule is CCOc1ccc2cc(C(=O)N3CCC(C(F)(F)F)C(C)(C)C3)[nH]c2c1. The standard InChI is InChI=1S/C19H23F3N2O2/c1-4-26-13-6-5-12-9-15(23-14(12)10-13)17(25)24-8-7-16(19(20,21)22)18(2,3)11-24/h5-6,9-10,16,23H,4,7-8,11H2,1-3H3. The molecule has 3 rings (SSSR count). The Balaban J connectivity index is 1.80. The van der Waals surface area contributed by atoms with Crippen molar-refractivity contribution in [3.63, 3.8) is 0 Å². The van der Waals surface area contributed by atoms with Gasteiger partial charge in [-0.25, -0.2) is 0 Å². The maximum atomic E-state index is 13.2. The Bertz CT molecular complexity index is 811. The fourth-order valence-corrected chi connectivity index (χ4v) is 3.79. The fourth-order valence-electron chi connectivity index (χ4n) is 3.79. The minimum atomic E-state index is -4.24. The predicted octanol–water partition coefficient (Wildman–Crippen LogP) is 4.62. The maximum Gasteiger partial charge on any atom is 0.392 e. The van der Waals surface area contributed by atoms with E-state index >= 15 is 0 Å². The number of carbonyl (C=O) groups excluding carboxylic acids is 1. The first kappa shape index (κ1) is 18.6. The molecule has 1 aromatic heterocycles. The van der Waals surface area contributed by atoms with Gasteiger partial charge in [-0.1, -0.05) is 13.8 Å². The third-order valence-electron chi connectivity index (χ3n) is 5.05. The van der Waals surface area contributed by atoms with Crippen LogP contribution in [-0.4, -0.2) is 41.7 Å². The fraction of sp³-hybridized carbons (Fsp3) is 0.526. The zero-order valence-electron chi connectivity index (χ0n) is 15.1. The first-order chi connectivity index (χ1) is 12.1. The largest absolute Gasteiger partial charge is 0.494 e. The van der Waals surface area contributed by atoms with Crippen LogP contribution in [0.1, 0.15) is 37.7 Å². The number of nitrogens with zero attached hydrogens (tertiary/aromatic N) is 1. The van der Waals surface area contributed by atoms with Gasteiger partial charge in [0, 0.05) is 30.1 Å². The molecule has 1 N–H and O–H groups in total. The molecule has 1 saturated heterocycles. The van der Waals surface area contributed by atoms with E-state index < -0.39 is 17.5 Å². The zero-order valence-corrected chi connectivity index (χ0v) is 15.1. The third kappa shape index (κ3) is 3.52. The van der Waals surface area contributed by atoms with Crippen LogP contribution in [0, 0.1) is 11.3 Å². The van der Waals surface area contributed by atoms with E-state index in [1.54, 1.807) is 19.9 Å². The number of benzene rings is 1. The average molecular weight is 368 g/mol. The number of H-pyrrole nitrogens is 1. The second-order valence-corrected chi connectivity index (χ2v) is 7.46.